The molecule has 0 radical (unpaired) electrons. The van der Waals surface area contributed by atoms with Crippen molar-refractivity contribution in [2.75, 3.05) is 18.5 Å². The molecule has 2 aromatic rings. The molecule has 0 aliphatic rings. The van der Waals surface area contributed by atoms with Crippen LogP contribution in [-0.4, -0.2) is 34.3 Å². The first-order chi connectivity index (χ1) is 10.1. The normalized spacial score (nSPS) is 10.4. The average Bonchev–Trinajstić information content (AvgIpc) is 2.90. The van der Waals surface area contributed by atoms with Gasteiger partial charge in [-0.05, 0) is 30.7 Å². The van der Waals surface area contributed by atoms with Crippen molar-refractivity contribution in [2.45, 2.75) is 19.9 Å². The van der Waals surface area contributed by atoms with Crippen molar-refractivity contribution < 1.29 is 4.79 Å². The summed E-state index contributed by atoms with van der Waals surface area (Å²) in [4.78, 5) is 14.2. The molecule has 1 amide bonds. The van der Waals surface area contributed by atoms with E-state index in [1.54, 1.807) is 10.9 Å². The number of aromatic nitrogens is 3. The van der Waals surface area contributed by atoms with Gasteiger partial charge in [0.15, 0.2) is 5.82 Å². The van der Waals surface area contributed by atoms with Crippen LogP contribution in [0.5, 0.6) is 0 Å². The monoisotopic (exact) mass is 287 g/mol. The molecule has 0 aliphatic heterocycles. The number of hydrogen-bond acceptors (Lipinski definition) is 4. The Hall–Kier alpha value is -2.37. The predicted octanol–water partition coefficient (Wildman–Crippen LogP) is 1.59. The van der Waals surface area contributed by atoms with E-state index >= 15 is 0 Å². The molecule has 0 saturated heterocycles. The fraction of sp³-hybridized carbons (Fsp3) is 0.400. The lowest BCUT2D eigenvalue weighted by Crippen LogP contribution is -2.24. The van der Waals surface area contributed by atoms with Crippen LogP contribution in [0.15, 0.2) is 30.6 Å². The Kier molecular flexibility index (Phi) is 4.92. The summed E-state index contributed by atoms with van der Waals surface area (Å²) in [5, 5.41) is 10.5. The van der Waals surface area contributed by atoms with Crippen LogP contribution in [0.4, 0.5) is 5.69 Å². The maximum absolute atomic E-state index is 12.1. The van der Waals surface area contributed by atoms with E-state index in [4.69, 9.17) is 0 Å². The van der Waals surface area contributed by atoms with E-state index in [2.05, 4.69) is 27.3 Å². The minimum Gasteiger partial charge on any atom is -0.375 e. The smallest absolute Gasteiger partial charge is 0.251 e. The quantitative estimate of drug-likeness (QED) is 0.876. The topological polar surface area (TPSA) is 63.1 Å². The number of carbonyl (C=O) groups is 1. The van der Waals surface area contributed by atoms with Crippen molar-refractivity contribution in [2.24, 2.45) is 7.05 Å². The standard InChI is InChI=1S/C15H21N5O/c1-4-9-19(2)13-7-5-12(6-8-13)15(21)16-10-14-18-17-11-20(14)3/h5-8,11H,4,9-10H2,1-3H3,(H,16,21). The van der Waals surface area contributed by atoms with Crippen molar-refractivity contribution in [3.63, 3.8) is 0 Å². The zero-order valence-electron chi connectivity index (χ0n) is 12.7. The van der Waals surface area contributed by atoms with E-state index in [1.807, 2.05) is 38.4 Å². The highest BCUT2D eigenvalue weighted by atomic mass is 16.1. The fourth-order valence-electron chi connectivity index (χ4n) is 2.06. The molecule has 1 aromatic carbocycles. The molecule has 0 atom stereocenters. The van der Waals surface area contributed by atoms with Gasteiger partial charge in [0.25, 0.3) is 5.91 Å². The fourth-order valence-corrected chi connectivity index (χ4v) is 2.06. The highest BCUT2D eigenvalue weighted by Crippen LogP contribution is 2.14. The van der Waals surface area contributed by atoms with E-state index in [0.29, 0.717) is 12.1 Å². The molecule has 0 fully saturated rings. The zero-order valence-corrected chi connectivity index (χ0v) is 12.7. The molecule has 2 rings (SSSR count). The van der Waals surface area contributed by atoms with Gasteiger partial charge in [0.1, 0.15) is 6.33 Å². The number of rotatable bonds is 6. The lowest BCUT2D eigenvalue weighted by molar-refractivity contribution is 0.0949. The third-order valence-corrected chi connectivity index (χ3v) is 3.34. The van der Waals surface area contributed by atoms with Crippen molar-refractivity contribution in [3.05, 3.63) is 42.0 Å². The highest BCUT2D eigenvalue weighted by Gasteiger charge is 2.08. The van der Waals surface area contributed by atoms with Crippen molar-refractivity contribution in [3.8, 4) is 0 Å². The summed E-state index contributed by atoms with van der Waals surface area (Å²) in [7, 11) is 3.90. The van der Waals surface area contributed by atoms with Gasteiger partial charge >= 0.3 is 0 Å². The number of hydrogen-bond donors (Lipinski definition) is 1. The third kappa shape index (κ3) is 3.81. The van der Waals surface area contributed by atoms with E-state index in [9.17, 15) is 4.79 Å². The summed E-state index contributed by atoms with van der Waals surface area (Å²) in [6, 6.07) is 7.61. The van der Waals surface area contributed by atoms with E-state index in [0.717, 1.165) is 24.5 Å². The molecule has 1 heterocycles. The molecule has 112 valence electrons. The van der Waals surface area contributed by atoms with Gasteiger partial charge in [-0.2, -0.15) is 0 Å². The lowest BCUT2D eigenvalue weighted by Gasteiger charge is -2.18. The minimum atomic E-state index is -0.109. The maximum Gasteiger partial charge on any atom is 0.251 e. The Morgan fingerprint density at radius 3 is 2.62 bits per heavy atom. The van der Waals surface area contributed by atoms with E-state index in [-0.39, 0.29) is 5.91 Å². The van der Waals surface area contributed by atoms with Gasteiger partial charge < -0.3 is 14.8 Å². The van der Waals surface area contributed by atoms with Gasteiger partial charge in [-0.3, -0.25) is 4.79 Å². The number of benzene rings is 1. The Morgan fingerprint density at radius 1 is 1.33 bits per heavy atom. The molecule has 0 bridgehead atoms. The Bertz CT molecular complexity index is 590. The second-order valence-corrected chi connectivity index (χ2v) is 5.01. The van der Waals surface area contributed by atoms with E-state index in [1.165, 1.54) is 0 Å². The molecular formula is C15H21N5O. The molecule has 1 aromatic heterocycles. The maximum atomic E-state index is 12.1. The van der Waals surface area contributed by atoms with Gasteiger partial charge in [0, 0.05) is 31.9 Å². The van der Waals surface area contributed by atoms with Crippen LogP contribution >= 0.6 is 0 Å². The molecule has 21 heavy (non-hydrogen) atoms. The second-order valence-electron chi connectivity index (χ2n) is 5.01. The van der Waals surface area contributed by atoms with Crippen LogP contribution in [-0.2, 0) is 13.6 Å². The van der Waals surface area contributed by atoms with Gasteiger partial charge in [-0.15, -0.1) is 10.2 Å². The van der Waals surface area contributed by atoms with Crippen molar-refractivity contribution >= 4 is 11.6 Å². The number of carbonyl (C=O) groups excluding carboxylic acids is 1. The predicted molar refractivity (Wildman–Crippen MR) is 82.2 cm³/mol. The molecule has 6 nitrogen and oxygen atoms in total. The van der Waals surface area contributed by atoms with Gasteiger partial charge in [0.05, 0.1) is 6.54 Å². The van der Waals surface area contributed by atoms with Crippen LogP contribution in [0.25, 0.3) is 0 Å². The zero-order chi connectivity index (χ0) is 15.2. The van der Waals surface area contributed by atoms with Crippen molar-refractivity contribution in [1.82, 2.24) is 20.1 Å². The summed E-state index contributed by atoms with van der Waals surface area (Å²) in [6.45, 7) is 3.51. The molecule has 0 spiro atoms. The Labute approximate surface area is 124 Å². The third-order valence-electron chi connectivity index (χ3n) is 3.34. The molecule has 0 saturated carbocycles. The van der Waals surface area contributed by atoms with Gasteiger partial charge in [-0.1, -0.05) is 6.92 Å². The molecule has 1 N–H and O–H groups in total. The van der Waals surface area contributed by atoms with Crippen LogP contribution in [0, 0.1) is 0 Å². The Balaban J connectivity index is 1.95. The summed E-state index contributed by atoms with van der Waals surface area (Å²) in [6.07, 6.45) is 2.70. The van der Waals surface area contributed by atoms with Crippen molar-refractivity contribution in [1.29, 1.82) is 0 Å². The first kappa shape index (κ1) is 15.0. The largest absolute Gasteiger partial charge is 0.375 e. The molecule has 6 heteroatoms. The highest BCUT2D eigenvalue weighted by molar-refractivity contribution is 5.94. The molecular weight excluding hydrogens is 266 g/mol. The average molecular weight is 287 g/mol. The summed E-state index contributed by atoms with van der Waals surface area (Å²) >= 11 is 0. The number of amides is 1. The van der Waals surface area contributed by atoms with Crippen LogP contribution in [0.2, 0.25) is 0 Å². The summed E-state index contributed by atoms with van der Waals surface area (Å²) in [5.41, 5.74) is 1.76. The van der Waals surface area contributed by atoms with Crippen LogP contribution in [0.3, 0.4) is 0 Å². The van der Waals surface area contributed by atoms with Gasteiger partial charge in [0.2, 0.25) is 0 Å². The van der Waals surface area contributed by atoms with Crippen LogP contribution in [0.1, 0.15) is 29.5 Å². The second kappa shape index (κ2) is 6.88. The lowest BCUT2D eigenvalue weighted by atomic mass is 10.2. The number of nitrogens with zero attached hydrogens (tertiary/aromatic N) is 4. The summed E-state index contributed by atoms with van der Waals surface area (Å²) in [5.74, 6) is 0.616. The molecule has 0 unspecified atom stereocenters. The van der Waals surface area contributed by atoms with Crippen LogP contribution < -0.4 is 10.2 Å². The van der Waals surface area contributed by atoms with E-state index < -0.39 is 0 Å². The first-order valence-electron chi connectivity index (χ1n) is 7.04. The SMILES string of the molecule is CCCN(C)c1ccc(C(=O)NCc2nncn2C)cc1. The molecule has 0 aliphatic carbocycles. The first-order valence-corrected chi connectivity index (χ1v) is 7.04. The number of anilines is 1. The number of nitrogens with one attached hydrogen (secondary N) is 1. The van der Waals surface area contributed by atoms with Gasteiger partial charge in [-0.25, -0.2) is 0 Å². The summed E-state index contributed by atoms with van der Waals surface area (Å²) < 4.78 is 1.78. The Morgan fingerprint density at radius 2 is 2.05 bits per heavy atom. The minimum absolute atomic E-state index is 0.109. The number of aryl methyl sites for hydroxylation is 1.